The van der Waals surface area contributed by atoms with E-state index in [2.05, 4.69) is 52.9 Å². The van der Waals surface area contributed by atoms with Gasteiger partial charge in [0.1, 0.15) is 0 Å². The molecule has 0 bridgehead atoms. The number of hydrogen-bond donors (Lipinski definition) is 1. The Morgan fingerprint density at radius 3 is 2.90 bits per heavy atom. The van der Waals surface area contributed by atoms with Crippen LogP contribution in [0.3, 0.4) is 0 Å². The van der Waals surface area contributed by atoms with Crippen molar-refractivity contribution in [3.05, 3.63) is 28.2 Å². The molecule has 4 heteroatoms. The van der Waals surface area contributed by atoms with E-state index in [9.17, 15) is 0 Å². The lowest BCUT2D eigenvalue weighted by molar-refractivity contribution is 0.0930. The maximum absolute atomic E-state index is 6.05. The Morgan fingerprint density at radius 2 is 2.25 bits per heavy atom. The Balaban J connectivity index is 2.15. The van der Waals surface area contributed by atoms with Crippen molar-refractivity contribution in [1.29, 1.82) is 0 Å². The van der Waals surface area contributed by atoms with Crippen LogP contribution < -0.4 is 10.6 Å². The molecule has 1 aliphatic rings. The van der Waals surface area contributed by atoms with Gasteiger partial charge in [-0.05, 0) is 37.0 Å². The summed E-state index contributed by atoms with van der Waals surface area (Å²) < 4.78 is 6.74. The third-order valence-corrected chi connectivity index (χ3v) is 4.81. The molecule has 1 saturated heterocycles. The highest BCUT2D eigenvalue weighted by molar-refractivity contribution is 9.10. The van der Waals surface area contributed by atoms with Crippen molar-refractivity contribution >= 4 is 21.6 Å². The lowest BCUT2D eigenvalue weighted by Crippen LogP contribution is -2.45. The highest BCUT2D eigenvalue weighted by Crippen LogP contribution is 2.28. The summed E-state index contributed by atoms with van der Waals surface area (Å²) in [5.74, 6) is 0. The summed E-state index contributed by atoms with van der Waals surface area (Å²) in [7, 11) is 0. The van der Waals surface area contributed by atoms with E-state index in [1.54, 1.807) is 0 Å². The van der Waals surface area contributed by atoms with Gasteiger partial charge in [-0.3, -0.25) is 0 Å². The van der Waals surface area contributed by atoms with Gasteiger partial charge in [0.15, 0.2) is 0 Å². The molecule has 112 valence electrons. The second-order valence-electron chi connectivity index (χ2n) is 5.48. The molecule has 0 spiro atoms. The van der Waals surface area contributed by atoms with Crippen molar-refractivity contribution in [2.45, 2.75) is 45.2 Å². The Labute approximate surface area is 130 Å². The molecular weight excluding hydrogens is 316 g/mol. The first kappa shape index (κ1) is 15.8. The smallest absolute Gasteiger partial charge is 0.0670 e. The Kier molecular flexibility index (Phi) is 5.87. The van der Waals surface area contributed by atoms with Gasteiger partial charge in [0.05, 0.1) is 19.3 Å². The van der Waals surface area contributed by atoms with Gasteiger partial charge in [0.2, 0.25) is 0 Å². The standard InChI is InChI=1S/C16H25BrN2O/c1-3-13(18)9-12-5-6-15(10-16(12)17)19-7-8-20-11-14(19)4-2/h5-6,10,13-14H,3-4,7-9,11,18H2,1-2H3. The first-order chi connectivity index (χ1) is 9.65. The number of benzene rings is 1. The molecule has 1 fully saturated rings. The Bertz CT molecular complexity index is 438. The predicted molar refractivity (Wildman–Crippen MR) is 88.4 cm³/mol. The topological polar surface area (TPSA) is 38.5 Å². The number of nitrogens with two attached hydrogens (primary N) is 1. The van der Waals surface area contributed by atoms with Crippen LogP contribution in [0.4, 0.5) is 5.69 Å². The molecule has 1 heterocycles. The predicted octanol–water partition coefficient (Wildman–Crippen LogP) is 3.34. The first-order valence-electron chi connectivity index (χ1n) is 7.54. The number of anilines is 1. The van der Waals surface area contributed by atoms with Crippen LogP contribution in [0.2, 0.25) is 0 Å². The van der Waals surface area contributed by atoms with Crippen molar-refractivity contribution in [2.75, 3.05) is 24.7 Å². The van der Waals surface area contributed by atoms with E-state index in [0.29, 0.717) is 6.04 Å². The van der Waals surface area contributed by atoms with Crippen LogP contribution in [0.15, 0.2) is 22.7 Å². The van der Waals surface area contributed by atoms with Crippen LogP contribution in [0, 0.1) is 0 Å². The van der Waals surface area contributed by atoms with E-state index in [-0.39, 0.29) is 6.04 Å². The van der Waals surface area contributed by atoms with Crippen LogP contribution in [0.5, 0.6) is 0 Å². The summed E-state index contributed by atoms with van der Waals surface area (Å²) in [5.41, 5.74) is 8.62. The van der Waals surface area contributed by atoms with E-state index in [1.807, 2.05) is 0 Å². The quantitative estimate of drug-likeness (QED) is 0.893. The normalized spacial score (nSPS) is 21.0. The average molecular weight is 341 g/mol. The molecule has 2 N–H and O–H groups in total. The van der Waals surface area contributed by atoms with Gasteiger partial charge in [0.25, 0.3) is 0 Å². The van der Waals surface area contributed by atoms with Crippen molar-refractivity contribution in [3.8, 4) is 0 Å². The average Bonchev–Trinajstić information content (AvgIpc) is 2.49. The van der Waals surface area contributed by atoms with E-state index < -0.39 is 0 Å². The van der Waals surface area contributed by atoms with Crippen molar-refractivity contribution in [2.24, 2.45) is 5.73 Å². The second kappa shape index (κ2) is 7.43. The third-order valence-electron chi connectivity index (χ3n) is 4.07. The zero-order chi connectivity index (χ0) is 14.5. The molecule has 2 rings (SSSR count). The number of rotatable bonds is 5. The minimum absolute atomic E-state index is 0.240. The van der Waals surface area contributed by atoms with Gasteiger partial charge >= 0.3 is 0 Å². The molecule has 0 aromatic heterocycles. The largest absolute Gasteiger partial charge is 0.377 e. The SMILES string of the molecule is CCC(N)Cc1ccc(N2CCOCC2CC)cc1Br. The Morgan fingerprint density at radius 1 is 1.45 bits per heavy atom. The maximum atomic E-state index is 6.05. The summed E-state index contributed by atoms with van der Waals surface area (Å²) >= 11 is 3.70. The van der Waals surface area contributed by atoms with Gasteiger partial charge in [0, 0.05) is 22.7 Å². The highest BCUT2D eigenvalue weighted by atomic mass is 79.9. The fourth-order valence-electron chi connectivity index (χ4n) is 2.64. The van der Waals surface area contributed by atoms with Gasteiger partial charge in [-0.1, -0.05) is 35.8 Å². The van der Waals surface area contributed by atoms with E-state index in [0.717, 1.165) is 39.0 Å². The minimum Gasteiger partial charge on any atom is -0.377 e. The molecule has 0 radical (unpaired) electrons. The third kappa shape index (κ3) is 3.74. The summed E-state index contributed by atoms with van der Waals surface area (Å²) in [6.07, 6.45) is 3.05. The summed E-state index contributed by atoms with van der Waals surface area (Å²) in [6.45, 7) is 6.97. The summed E-state index contributed by atoms with van der Waals surface area (Å²) in [4.78, 5) is 2.46. The van der Waals surface area contributed by atoms with Crippen molar-refractivity contribution in [3.63, 3.8) is 0 Å². The van der Waals surface area contributed by atoms with Crippen LogP contribution in [-0.2, 0) is 11.2 Å². The minimum atomic E-state index is 0.240. The van der Waals surface area contributed by atoms with Gasteiger partial charge < -0.3 is 15.4 Å². The van der Waals surface area contributed by atoms with Crippen molar-refractivity contribution in [1.82, 2.24) is 0 Å². The first-order valence-corrected chi connectivity index (χ1v) is 8.33. The molecule has 1 aromatic carbocycles. The van der Waals surface area contributed by atoms with Gasteiger partial charge in [-0.15, -0.1) is 0 Å². The molecule has 0 aliphatic carbocycles. The summed E-state index contributed by atoms with van der Waals surface area (Å²) in [5, 5.41) is 0. The molecule has 20 heavy (non-hydrogen) atoms. The number of halogens is 1. The molecule has 2 unspecified atom stereocenters. The van der Waals surface area contributed by atoms with Crippen LogP contribution in [0.25, 0.3) is 0 Å². The molecule has 0 saturated carbocycles. The highest BCUT2D eigenvalue weighted by Gasteiger charge is 2.22. The van der Waals surface area contributed by atoms with Gasteiger partial charge in [-0.2, -0.15) is 0 Å². The van der Waals surface area contributed by atoms with E-state index >= 15 is 0 Å². The van der Waals surface area contributed by atoms with E-state index in [1.165, 1.54) is 15.7 Å². The second-order valence-corrected chi connectivity index (χ2v) is 6.33. The molecule has 1 aliphatic heterocycles. The number of hydrogen-bond acceptors (Lipinski definition) is 3. The lowest BCUT2D eigenvalue weighted by atomic mass is 10.0. The summed E-state index contributed by atoms with van der Waals surface area (Å²) in [6, 6.07) is 7.38. The lowest BCUT2D eigenvalue weighted by Gasteiger charge is -2.37. The fourth-order valence-corrected chi connectivity index (χ4v) is 3.17. The molecule has 1 aromatic rings. The number of nitrogens with zero attached hydrogens (tertiary/aromatic N) is 1. The van der Waals surface area contributed by atoms with Gasteiger partial charge in [-0.25, -0.2) is 0 Å². The zero-order valence-corrected chi connectivity index (χ0v) is 14.0. The molecule has 3 nitrogen and oxygen atoms in total. The molecule has 0 amide bonds. The monoisotopic (exact) mass is 340 g/mol. The number of ether oxygens (including phenoxy) is 1. The van der Waals surface area contributed by atoms with E-state index in [4.69, 9.17) is 10.5 Å². The number of morpholine rings is 1. The van der Waals surface area contributed by atoms with Crippen molar-refractivity contribution < 1.29 is 4.74 Å². The molecular formula is C16H25BrN2O. The fraction of sp³-hybridized carbons (Fsp3) is 0.625. The molecule has 2 atom stereocenters. The Hall–Kier alpha value is -0.580. The van der Waals surface area contributed by atoms with Crippen LogP contribution in [-0.4, -0.2) is 31.8 Å². The van der Waals surface area contributed by atoms with Crippen LogP contribution in [0.1, 0.15) is 32.3 Å². The zero-order valence-electron chi connectivity index (χ0n) is 12.4. The van der Waals surface area contributed by atoms with Crippen LogP contribution >= 0.6 is 15.9 Å². The maximum Gasteiger partial charge on any atom is 0.0670 e.